The molecule has 2 aromatic carbocycles. The van der Waals surface area contributed by atoms with Gasteiger partial charge in [0.1, 0.15) is 18.2 Å². The summed E-state index contributed by atoms with van der Waals surface area (Å²) in [5, 5.41) is 9.39. The Hall–Kier alpha value is -2.47. The van der Waals surface area contributed by atoms with E-state index in [2.05, 4.69) is 0 Å². The number of carboxylic acid groups (broad SMARTS) is 1. The monoisotopic (exact) mass is 563 g/mol. The number of carboxylic acids is 1. The minimum absolute atomic E-state index is 0.0500. The highest BCUT2D eigenvalue weighted by Crippen LogP contribution is 2.46. The number of carbonyl (C=O) groups is 1. The number of thioether (sulfide) groups is 1. The summed E-state index contributed by atoms with van der Waals surface area (Å²) in [4.78, 5) is 13.0. The number of hydrogen-bond acceptors (Lipinski definition) is 6. The van der Waals surface area contributed by atoms with Gasteiger partial charge in [-0.3, -0.25) is 4.79 Å². The fourth-order valence-electron chi connectivity index (χ4n) is 3.88. The van der Waals surface area contributed by atoms with Gasteiger partial charge >= 0.3 is 5.97 Å². The number of aliphatic carboxylic acids is 1. The van der Waals surface area contributed by atoms with Crippen LogP contribution in [0.2, 0.25) is 0 Å². The molecule has 2 atom stereocenters. The number of hydrogen-bond donors (Lipinski definition) is 1. The Morgan fingerprint density at radius 1 is 1.19 bits per heavy atom. The molecule has 0 saturated carbocycles. The molecule has 0 aliphatic carbocycles. The molecule has 0 unspecified atom stereocenters. The SMILES string of the molecule is CSc1cc2c(cc1OCC(C)(C)C(=O)O)S(=O)(=O)[C@H](F)[C@H](CCC(C)(F)F)CN2c1ccc(F)cc1. The van der Waals surface area contributed by atoms with Crippen LogP contribution >= 0.6 is 11.8 Å². The molecular weight excluding hydrogens is 534 g/mol. The Kier molecular flexibility index (Phi) is 8.43. The first-order valence-corrected chi connectivity index (χ1v) is 14.2. The molecule has 0 spiro atoms. The summed E-state index contributed by atoms with van der Waals surface area (Å²) in [5.74, 6) is -6.03. The van der Waals surface area contributed by atoms with Crippen molar-refractivity contribution in [2.75, 3.05) is 24.3 Å². The van der Waals surface area contributed by atoms with E-state index in [1.807, 2.05) is 0 Å². The maximum absolute atomic E-state index is 15.6. The molecule has 3 rings (SSSR count). The van der Waals surface area contributed by atoms with Crippen LogP contribution in [-0.4, -0.2) is 50.3 Å². The van der Waals surface area contributed by atoms with Gasteiger partial charge in [-0.1, -0.05) is 0 Å². The van der Waals surface area contributed by atoms with Crippen molar-refractivity contribution >= 4 is 38.9 Å². The van der Waals surface area contributed by atoms with E-state index >= 15 is 4.39 Å². The molecule has 204 valence electrons. The van der Waals surface area contributed by atoms with Crippen LogP contribution in [-0.2, 0) is 14.6 Å². The van der Waals surface area contributed by atoms with Gasteiger partial charge in [0.25, 0.3) is 0 Å². The number of halogens is 4. The topological polar surface area (TPSA) is 83.9 Å². The predicted molar refractivity (Wildman–Crippen MR) is 134 cm³/mol. The second-order valence-electron chi connectivity index (χ2n) is 9.80. The average molecular weight is 564 g/mol. The molecule has 2 aromatic rings. The van der Waals surface area contributed by atoms with Crippen LogP contribution in [0.25, 0.3) is 0 Å². The Labute approximate surface area is 217 Å². The van der Waals surface area contributed by atoms with Crippen molar-refractivity contribution in [2.45, 2.75) is 54.8 Å². The molecule has 37 heavy (non-hydrogen) atoms. The number of benzene rings is 2. The molecule has 1 aliphatic heterocycles. The quantitative estimate of drug-likeness (QED) is 0.283. The van der Waals surface area contributed by atoms with E-state index in [1.54, 1.807) is 6.26 Å². The number of rotatable bonds is 9. The number of nitrogens with zero attached hydrogens (tertiary/aromatic N) is 1. The number of sulfone groups is 1. The molecule has 0 radical (unpaired) electrons. The highest BCUT2D eigenvalue weighted by Gasteiger charge is 2.43. The second kappa shape index (κ2) is 10.7. The van der Waals surface area contributed by atoms with Gasteiger partial charge in [0.2, 0.25) is 21.3 Å². The van der Waals surface area contributed by atoms with Gasteiger partial charge in [-0.05, 0) is 63.8 Å². The zero-order chi connectivity index (χ0) is 27.8. The van der Waals surface area contributed by atoms with E-state index in [0.717, 1.165) is 18.2 Å². The predicted octanol–water partition coefficient (Wildman–Crippen LogP) is 6.31. The summed E-state index contributed by atoms with van der Waals surface area (Å²) in [6.45, 7) is 3.04. The lowest BCUT2D eigenvalue weighted by atomic mass is 9.95. The van der Waals surface area contributed by atoms with Gasteiger partial charge in [0.05, 0.1) is 20.9 Å². The van der Waals surface area contributed by atoms with Crippen LogP contribution in [0, 0.1) is 17.2 Å². The highest BCUT2D eigenvalue weighted by molar-refractivity contribution is 7.98. The molecule has 0 bridgehead atoms. The normalized spacial score (nSPS) is 19.7. The Morgan fingerprint density at radius 3 is 2.35 bits per heavy atom. The number of alkyl halides is 3. The van der Waals surface area contributed by atoms with Gasteiger partial charge in [-0.15, -0.1) is 11.8 Å². The molecule has 1 heterocycles. The number of anilines is 2. The molecule has 0 aromatic heterocycles. The second-order valence-corrected chi connectivity index (χ2v) is 12.6. The van der Waals surface area contributed by atoms with E-state index in [0.29, 0.717) is 17.5 Å². The van der Waals surface area contributed by atoms with E-state index < -0.39 is 62.1 Å². The molecule has 6 nitrogen and oxygen atoms in total. The lowest BCUT2D eigenvalue weighted by Crippen LogP contribution is -2.32. The largest absolute Gasteiger partial charge is 0.491 e. The van der Waals surface area contributed by atoms with Crippen molar-refractivity contribution in [2.24, 2.45) is 11.3 Å². The van der Waals surface area contributed by atoms with E-state index in [1.165, 1.54) is 48.7 Å². The fourth-order valence-corrected chi connectivity index (χ4v) is 6.13. The zero-order valence-electron chi connectivity index (χ0n) is 20.8. The van der Waals surface area contributed by atoms with Gasteiger partial charge in [0.15, 0.2) is 0 Å². The van der Waals surface area contributed by atoms with Crippen LogP contribution in [0.3, 0.4) is 0 Å². The first-order valence-electron chi connectivity index (χ1n) is 11.4. The molecule has 0 fully saturated rings. The standard InChI is InChI=1S/C25H29F4NO5S2/c1-24(2,23(31)32)14-35-19-12-21-18(11-20(19)36-4)30(17-7-5-16(26)6-8-17)13-15(9-10-25(3,28)29)22(27)37(21,33)34/h5-8,11-12,15,22H,9-10,13-14H2,1-4H3,(H,31,32)/t15-,22+/m1/s1. The summed E-state index contributed by atoms with van der Waals surface area (Å²) in [5.41, 5.74) is -3.33. The molecule has 1 aliphatic rings. The molecule has 0 saturated heterocycles. The summed E-state index contributed by atoms with van der Waals surface area (Å²) in [7, 11) is -4.67. The van der Waals surface area contributed by atoms with Crippen molar-refractivity contribution in [3.63, 3.8) is 0 Å². The van der Waals surface area contributed by atoms with Gasteiger partial charge in [-0.25, -0.2) is 26.0 Å². The van der Waals surface area contributed by atoms with Crippen LogP contribution in [0.15, 0.2) is 46.2 Å². The molecule has 0 amide bonds. The van der Waals surface area contributed by atoms with Crippen molar-refractivity contribution in [3.8, 4) is 5.75 Å². The van der Waals surface area contributed by atoms with Crippen LogP contribution in [0.4, 0.5) is 28.9 Å². The van der Waals surface area contributed by atoms with Crippen molar-refractivity contribution in [1.82, 2.24) is 0 Å². The van der Waals surface area contributed by atoms with Gasteiger partial charge in [0, 0.05) is 30.6 Å². The minimum Gasteiger partial charge on any atom is -0.491 e. The van der Waals surface area contributed by atoms with Crippen molar-refractivity contribution in [3.05, 3.63) is 42.2 Å². The molecule has 1 N–H and O–H groups in total. The summed E-state index contributed by atoms with van der Waals surface area (Å²) in [6, 6.07) is 7.75. The Morgan fingerprint density at radius 2 is 1.81 bits per heavy atom. The maximum atomic E-state index is 15.6. The van der Waals surface area contributed by atoms with E-state index in [-0.39, 0.29) is 24.6 Å². The van der Waals surface area contributed by atoms with E-state index in [9.17, 15) is 31.5 Å². The van der Waals surface area contributed by atoms with E-state index in [4.69, 9.17) is 4.74 Å². The first-order chi connectivity index (χ1) is 17.1. The van der Waals surface area contributed by atoms with Gasteiger partial charge < -0.3 is 14.7 Å². The van der Waals surface area contributed by atoms with Crippen LogP contribution in [0.1, 0.15) is 33.6 Å². The third-order valence-electron chi connectivity index (χ3n) is 6.19. The van der Waals surface area contributed by atoms with Crippen molar-refractivity contribution < 1.29 is 40.6 Å². The number of ether oxygens (including phenoxy) is 1. The number of fused-ring (bicyclic) bond motifs is 1. The lowest BCUT2D eigenvalue weighted by Gasteiger charge is -2.29. The minimum atomic E-state index is -4.67. The maximum Gasteiger partial charge on any atom is 0.312 e. The Balaban J connectivity index is 2.17. The van der Waals surface area contributed by atoms with Gasteiger partial charge in [-0.2, -0.15) is 0 Å². The van der Waals surface area contributed by atoms with Crippen molar-refractivity contribution in [1.29, 1.82) is 0 Å². The fraction of sp³-hybridized carbons (Fsp3) is 0.480. The first kappa shape index (κ1) is 29.1. The summed E-state index contributed by atoms with van der Waals surface area (Å²) in [6.07, 6.45) is 0.589. The zero-order valence-corrected chi connectivity index (χ0v) is 22.4. The van der Waals surface area contributed by atoms with Crippen LogP contribution < -0.4 is 9.64 Å². The third kappa shape index (κ3) is 6.51. The molecule has 12 heteroatoms. The van der Waals surface area contributed by atoms with Crippen LogP contribution in [0.5, 0.6) is 5.75 Å². The highest BCUT2D eigenvalue weighted by atomic mass is 32.2. The Bertz CT molecular complexity index is 1250. The lowest BCUT2D eigenvalue weighted by molar-refractivity contribution is -0.148. The third-order valence-corrected chi connectivity index (χ3v) is 8.86. The smallest absolute Gasteiger partial charge is 0.312 e. The average Bonchev–Trinajstić information content (AvgIpc) is 2.89. The summed E-state index contributed by atoms with van der Waals surface area (Å²) >= 11 is 1.20. The summed E-state index contributed by atoms with van der Waals surface area (Å²) < 4.78 is 89.1. The molecular formula is C25H29F4NO5S2.